The van der Waals surface area contributed by atoms with E-state index in [4.69, 9.17) is 4.42 Å². The molecule has 3 fully saturated rings. The highest BCUT2D eigenvalue weighted by atomic mass is 16.3. The van der Waals surface area contributed by atoms with E-state index in [0.717, 1.165) is 58.8 Å². The fourth-order valence-corrected chi connectivity index (χ4v) is 4.97. The van der Waals surface area contributed by atoms with E-state index in [1.807, 2.05) is 6.26 Å². The zero-order valence-corrected chi connectivity index (χ0v) is 16.2. The first kappa shape index (κ1) is 18.0. The number of hydrogen-bond acceptors (Lipinski definition) is 5. The Balaban J connectivity index is 1.32. The Hall–Kier alpha value is -1.37. The topological polar surface area (TPSA) is 43.2 Å². The maximum absolute atomic E-state index is 13.1. The Labute approximate surface area is 156 Å². The van der Waals surface area contributed by atoms with Crippen LogP contribution in [-0.2, 0) is 11.3 Å². The maximum atomic E-state index is 13.1. The largest absolute Gasteiger partial charge is 0.472 e. The summed E-state index contributed by atoms with van der Waals surface area (Å²) in [6.45, 7) is 8.04. The number of hydrogen-bond donors (Lipinski definition) is 0. The van der Waals surface area contributed by atoms with Crippen molar-refractivity contribution in [2.45, 2.75) is 31.8 Å². The van der Waals surface area contributed by atoms with Crippen LogP contribution < -0.4 is 0 Å². The summed E-state index contributed by atoms with van der Waals surface area (Å²) in [5.41, 5.74) is 1.58. The van der Waals surface area contributed by atoms with E-state index in [9.17, 15) is 4.79 Å². The van der Waals surface area contributed by atoms with Gasteiger partial charge in [-0.2, -0.15) is 0 Å². The summed E-state index contributed by atoms with van der Waals surface area (Å²) >= 11 is 0. The van der Waals surface area contributed by atoms with Gasteiger partial charge >= 0.3 is 0 Å². The van der Waals surface area contributed by atoms with Gasteiger partial charge in [-0.3, -0.25) is 14.6 Å². The van der Waals surface area contributed by atoms with E-state index in [1.54, 1.807) is 6.26 Å². The summed E-state index contributed by atoms with van der Waals surface area (Å²) < 4.78 is 5.19. The van der Waals surface area contributed by atoms with Crippen molar-refractivity contribution in [3.8, 4) is 0 Å². The Morgan fingerprint density at radius 1 is 1.15 bits per heavy atom. The molecule has 1 spiro atoms. The highest BCUT2D eigenvalue weighted by Gasteiger charge is 2.47. The third-order valence-electron chi connectivity index (χ3n) is 6.75. The number of likely N-dealkylation sites (tertiary alicyclic amines) is 2. The SMILES string of the molecule is CN1CCN(C(=O)C2CC3(CCN(Cc4ccoc4)CC3)CN2C)CC1. The number of piperazine rings is 1. The molecule has 3 saturated heterocycles. The molecule has 6 heteroatoms. The third kappa shape index (κ3) is 3.68. The van der Waals surface area contributed by atoms with Gasteiger partial charge in [0.25, 0.3) is 0 Å². The standard InChI is InChI=1S/C20H32N4O2/c1-21-8-10-24(11-9-21)19(25)18-13-20(16-22(18)2)4-6-23(7-5-20)14-17-3-12-26-15-17/h3,12,15,18H,4-11,13-14,16H2,1-2H3. The fraction of sp³-hybridized carbons (Fsp3) is 0.750. The van der Waals surface area contributed by atoms with Crippen LogP contribution in [0.15, 0.2) is 23.0 Å². The van der Waals surface area contributed by atoms with Crippen molar-refractivity contribution in [2.24, 2.45) is 5.41 Å². The van der Waals surface area contributed by atoms with E-state index in [2.05, 4.69) is 39.8 Å². The summed E-state index contributed by atoms with van der Waals surface area (Å²) in [5, 5.41) is 0. The first-order valence-electron chi connectivity index (χ1n) is 9.96. The monoisotopic (exact) mass is 360 g/mol. The molecule has 4 heterocycles. The molecular formula is C20H32N4O2. The highest BCUT2D eigenvalue weighted by Crippen LogP contribution is 2.43. The van der Waals surface area contributed by atoms with Crippen LogP contribution in [0, 0.1) is 5.41 Å². The Morgan fingerprint density at radius 3 is 2.54 bits per heavy atom. The number of piperidine rings is 1. The number of amides is 1. The molecule has 1 unspecified atom stereocenters. The van der Waals surface area contributed by atoms with Gasteiger partial charge in [0.2, 0.25) is 5.91 Å². The van der Waals surface area contributed by atoms with Gasteiger partial charge in [0.1, 0.15) is 0 Å². The number of likely N-dealkylation sites (N-methyl/N-ethyl adjacent to an activating group) is 2. The van der Waals surface area contributed by atoms with Gasteiger partial charge in [-0.15, -0.1) is 0 Å². The lowest BCUT2D eigenvalue weighted by atomic mass is 9.76. The van der Waals surface area contributed by atoms with Crippen LogP contribution in [0.25, 0.3) is 0 Å². The number of carbonyl (C=O) groups is 1. The molecule has 26 heavy (non-hydrogen) atoms. The van der Waals surface area contributed by atoms with Crippen LogP contribution >= 0.6 is 0 Å². The second-order valence-electron chi connectivity index (χ2n) is 8.67. The molecule has 3 aliphatic rings. The summed E-state index contributed by atoms with van der Waals surface area (Å²) in [6.07, 6.45) is 7.03. The maximum Gasteiger partial charge on any atom is 0.240 e. The van der Waals surface area contributed by atoms with Gasteiger partial charge in [-0.05, 0) is 57.9 Å². The van der Waals surface area contributed by atoms with Crippen molar-refractivity contribution in [1.82, 2.24) is 19.6 Å². The molecule has 0 radical (unpaired) electrons. The molecule has 3 aliphatic heterocycles. The Bertz CT molecular complexity index is 601. The Morgan fingerprint density at radius 2 is 1.88 bits per heavy atom. The number of rotatable bonds is 3. The van der Waals surface area contributed by atoms with Crippen LogP contribution in [0.5, 0.6) is 0 Å². The highest BCUT2D eigenvalue weighted by molar-refractivity contribution is 5.82. The number of furan rings is 1. The first-order chi connectivity index (χ1) is 12.5. The quantitative estimate of drug-likeness (QED) is 0.814. The van der Waals surface area contributed by atoms with E-state index in [0.29, 0.717) is 11.3 Å². The predicted octanol–water partition coefficient (Wildman–Crippen LogP) is 1.34. The third-order valence-corrected chi connectivity index (χ3v) is 6.75. The summed E-state index contributed by atoms with van der Waals surface area (Å²) in [6, 6.07) is 2.14. The van der Waals surface area contributed by atoms with Gasteiger partial charge < -0.3 is 14.2 Å². The van der Waals surface area contributed by atoms with Crippen molar-refractivity contribution in [3.05, 3.63) is 24.2 Å². The van der Waals surface area contributed by atoms with Crippen LogP contribution in [0.2, 0.25) is 0 Å². The second kappa shape index (κ2) is 7.33. The van der Waals surface area contributed by atoms with Crippen LogP contribution in [0.3, 0.4) is 0 Å². The zero-order chi connectivity index (χ0) is 18.1. The lowest BCUT2D eigenvalue weighted by Crippen LogP contribution is -2.52. The molecule has 0 saturated carbocycles. The van der Waals surface area contributed by atoms with E-state index >= 15 is 0 Å². The Kier molecular flexibility index (Phi) is 5.08. The number of nitrogens with zero attached hydrogens (tertiary/aromatic N) is 4. The smallest absolute Gasteiger partial charge is 0.240 e. The molecule has 1 aromatic heterocycles. The van der Waals surface area contributed by atoms with Crippen LogP contribution in [-0.4, -0.2) is 91.5 Å². The molecule has 0 aromatic carbocycles. The molecule has 6 nitrogen and oxygen atoms in total. The van der Waals surface area contributed by atoms with Crippen molar-refractivity contribution >= 4 is 5.91 Å². The van der Waals surface area contributed by atoms with Gasteiger partial charge in [0, 0.05) is 44.8 Å². The molecule has 144 valence electrons. The summed E-state index contributed by atoms with van der Waals surface area (Å²) in [5.74, 6) is 0.360. The van der Waals surface area contributed by atoms with Crippen molar-refractivity contribution in [3.63, 3.8) is 0 Å². The summed E-state index contributed by atoms with van der Waals surface area (Å²) in [4.78, 5) is 22.3. The number of carbonyl (C=O) groups excluding carboxylic acids is 1. The molecule has 0 N–H and O–H groups in total. The van der Waals surface area contributed by atoms with E-state index in [-0.39, 0.29) is 6.04 Å². The van der Waals surface area contributed by atoms with E-state index < -0.39 is 0 Å². The van der Waals surface area contributed by atoms with Gasteiger partial charge in [-0.25, -0.2) is 0 Å². The molecule has 0 bridgehead atoms. The minimum Gasteiger partial charge on any atom is -0.472 e. The van der Waals surface area contributed by atoms with Crippen molar-refractivity contribution < 1.29 is 9.21 Å². The van der Waals surface area contributed by atoms with Gasteiger partial charge in [-0.1, -0.05) is 0 Å². The predicted molar refractivity (Wildman–Crippen MR) is 101 cm³/mol. The molecule has 1 aromatic rings. The van der Waals surface area contributed by atoms with E-state index in [1.165, 1.54) is 18.4 Å². The summed E-state index contributed by atoms with van der Waals surface area (Å²) in [7, 11) is 4.28. The minimum absolute atomic E-state index is 0.0822. The molecular weight excluding hydrogens is 328 g/mol. The normalized spacial score (nSPS) is 28.1. The average Bonchev–Trinajstić information content (AvgIpc) is 3.25. The minimum atomic E-state index is 0.0822. The first-order valence-corrected chi connectivity index (χ1v) is 9.96. The molecule has 4 rings (SSSR count). The van der Waals surface area contributed by atoms with Gasteiger partial charge in [0.05, 0.1) is 18.6 Å². The van der Waals surface area contributed by atoms with Gasteiger partial charge in [0.15, 0.2) is 0 Å². The molecule has 1 atom stereocenters. The molecule has 1 amide bonds. The van der Waals surface area contributed by atoms with Crippen molar-refractivity contribution in [2.75, 3.05) is 59.9 Å². The lowest BCUT2D eigenvalue weighted by Gasteiger charge is -2.39. The zero-order valence-electron chi connectivity index (χ0n) is 16.2. The van der Waals surface area contributed by atoms with Crippen molar-refractivity contribution in [1.29, 1.82) is 0 Å². The average molecular weight is 361 g/mol. The molecule has 0 aliphatic carbocycles. The second-order valence-corrected chi connectivity index (χ2v) is 8.67. The van der Waals surface area contributed by atoms with Crippen LogP contribution in [0.1, 0.15) is 24.8 Å². The fourth-order valence-electron chi connectivity index (χ4n) is 4.97. The van der Waals surface area contributed by atoms with Crippen LogP contribution in [0.4, 0.5) is 0 Å². The lowest BCUT2D eigenvalue weighted by molar-refractivity contribution is -0.137.